The third kappa shape index (κ3) is 6.45. The number of carbonyl (C=O) groups is 2. The molecular formula is C30H25FN4O2. The molecule has 0 aromatic heterocycles. The van der Waals surface area contributed by atoms with Crippen molar-refractivity contribution < 1.29 is 14.0 Å². The van der Waals surface area contributed by atoms with Gasteiger partial charge < -0.3 is 16.0 Å². The van der Waals surface area contributed by atoms with E-state index in [-0.39, 0.29) is 30.5 Å². The van der Waals surface area contributed by atoms with Crippen LogP contribution in [0.1, 0.15) is 43.0 Å². The largest absolute Gasteiger partial charge is 0.330 e. The van der Waals surface area contributed by atoms with Crippen molar-refractivity contribution in [2.45, 2.75) is 19.6 Å². The Morgan fingerprint density at radius 2 is 1.57 bits per heavy atom. The monoisotopic (exact) mass is 492 g/mol. The van der Waals surface area contributed by atoms with Gasteiger partial charge in [-0.05, 0) is 65.2 Å². The van der Waals surface area contributed by atoms with Crippen molar-refractivity contribution >= 4 is 17.5 Å². The lowest BCUT2D eigenvalue weighted by atomic mass is 10.1. The van der Waals surface area contributed by atoms with Crippen molar-refractivity contribution in [1.82, 2.24) is 4.90 Å². The number of anilines is 1. The molecule has 4 aromatic rings. The standard InChI is InChI=1S/C30H25FN4O2/c31-27-9-4-8-25(16-27)30(37)35(19-23-6-3-5-22(15-23)18-33)20-26-7-1-2-10-28(26)34-29(36)24-13-11-21(17-32)12-14-24/h1-16H,18-20,33H2,(H,34,36). The Hall–Kier alpha value is -4.80. The lowest BCUT2D eigenvalue weighted by molar-refractivity contribution is 0.0730. The number of para-hydroxylation sites is 1. The van der Waals surface area contributed by atoms with Crippen LogP contribution < -0.4 is 11.1 Å². The van der Waals surface area contributed by atoms with Crippen LogP contribution >= 0.6 is 0 Å². The normalized spacial score (nSPS) is 10.4. The highest BCUT2D eigenvalue weighted by molar-refractivity contribution is 6.04. The summed E-state index contributed by atoms with van der Waals surface area (Å²) in [6, 6.07) is 28.8. The van der Waals surface area contributed by atoms with E-state index in [1.807, 2.05) is 42.5 Å². The SMILES string of the molecule is N#Cc1ccc(C(=O)Nc2ccccc2CN(Cc2cccc(CN)c2)C(=O)c2cccc(F)c2)cc1. The third-order valence-corrected chi connectivity index (χ3v) is 5.86. The molecule has 7 heteroatoms. The van der Waals surface area contributed by atoms with Crippen molar-refractivity contribution in [3.8, 4) is 6.07 Å². The molecule has 3 N–H and O–H groups in total. The first-order chi connectivity index (χ1) is 18.0. The first kappa shape index (κ1) is 25.3. The molecule has 0 aliphatic rings. The topological polar surface area (TPSA) is 99.2 Å². The number of benzene rings is 4. The summed E-state index contributed by atoms with van der Waals surface area (Å²) < 4.78 is 13.9. The molecule has 0 saturated heterocycles. The Balaban J connectivity index is 1.62. The zero-order chi connectivity index (χ0) is 26.2. The van der Waals surface area contributed by atoms with E-state index < -0.39 is 5.82 Å². The lowest BCUT2D eigenvalue weighted by Gasteiger charge is -2.25. The van der Waals surface area contributed by atoms with Crippen LogP contribution in [-0.2, 0) is 19.6 Å². The van der Waals surface area contributed by atoms with Crippen LogP contribution in [0.4, 0.5) is 10.1 Å². The molecule has 4 rings (SSSR count). The molecule has 0 saturated carbocycles. The molecule has 0 atom stereocenters. The minimum absolute atomic E-state index is 0.173. The fourth-order valence-corrected chi connectivity index (χ4v) is 3.96. The minimum atomic E-state index is -0.494. The van der Waals surface area contributed by atoms with Gasteiger partial charge in [-0.2, -0.15) is 5.26 Å². The fraction of sp³-hybridized carbons (Fsp3) is 0.100. The number of carbonyl (C=O) groups excluding carboxylic acids is 2. The zero-order valence-electron chi connectivity index (χ0n) is 20.0. The summed E-state index contributed by atoms with van der Waals surface area (Å²) >= 11 is 0. The lowest BCUT2D eigenvalue weighted by Crippen LogP contribution is -2.30. The Bertz CT molecular complexity index is 1460. The van der Waals surface area contributed by atoms with Gasteiger partial charge in [0.15, 0.2) is 0 Å². The summed E-state index contributed by atoms with van der Waals surface area (Å²) in [5.41, 5.74) is 9.96. The Morgan fingerprint density at radius 1 is 0.838 bits per heavy atom. The van der Waals surface area contributed by atoms with Crippen molar-refractivity contribution in [1.29, 1.82) is 5.26 Å². The maximum Gasteiger partial charge on any atom is 0.255 e. The second-order valence-corrected chi connectivity index (χ2v) is 8.50. The number of nitriles is 1. The molecule has 0 unspecified atom stereocenters. The van der Waals surface area contributed by atoms with Crippen molar-refractivity contribution in [2.24, 2.45) is 5.73 Å². The average Bonchev–Trinajstić information content (AvgIpc) is 2.93. The summed E-state index contributed by atoms with van der Waals surface area (Å²) in [7, 11) is 0. The first-order valence-corrected chi connectivity index (χ1v) is 11.7. The first-order valence-electron chi connectivity index (χ1n) is 11.7. The Morgan fingerprint density at radius 3 is 2.30 bits per heavy atom. The highest BCUT2D eigenvalue weighted by Gasteiger charge is 2.19. The zero-order valence-corrected chi connectivity index (χ0v) is 20.0. The van der Waals surface area contributed by atoms with E-state index in [0.29, 0.717) is 28.9 Å². The van der Waals surface area contributed by atoms with E-state index in [9.17, 15) is 14.0 Å². The number of amides is 2. The second-order valence-electron chi connectivity index (χ2n) is 8.50. The van der Waals surface area contributed by atoms with Gasteiger partial charge in [-0.3, -0.25) is 9.59 Å². The van der Waals surface area contributed by atoms with E-state index >= 15 is 0 Å². The van der Waals surface area contributed by atoms with Crippen molar-refractivity contribution in [2.75, 3.05) is 5.32 Å². The molecule has 0 heterocycles. The molecule has 0 radical (unpaired) electrons. The number of nitrogens with two attached hydrogens (primary N) is 1. The van der Waals surface area contributed by atoms with E-state index in [0.717, 1.165) is 11.1 Å². The van der Waals surface area contributed by atoms with Gasteiger partial charge >= 0.3 is 0 Å². The smallest absolute Gasteiger partial charge is 0.255 e. The van der Waals surface area contributed by atoms with Crippen LogP contribution in [0, 0.1) is 17.1 Å². The van der Waals surface area contributed by atoms with E-state index in [1.165, 1.54) is 18.2 Å². The third-order valence-electron chi connectivity index (χ3n) is 5.86. The number of hydrogen-bond donors (Lipinski definition) is 2. The highest BCUT2D eigenvalue weighted by Crippen LogP contribution is 2.22. The number of hydrogen-bond acceptors (Lipinski definition) is 4. The van der Waals surface area contributed by atoms with Crippen molar-refractivity contribution in [3.05, 3.63) is 136 Å². The number of rotatable bonds is 8. The van der Waals surface area contributed by atoms with Gasteiger partial charge in [0, 0.05) is 36.4 Å². The Kier molecular flexibility index (Phi) is 8.04. The highest BCUT2D eigenvalue weighted by atomic mass is 19.1. The summed E-state index contributed by atoms with van der Waals surface area (Å²) in [6.45, 7) is 0.809. The van der Waals surface area contributed by atoms with Crippen molar-refractivity contribution in [3.63, 3.8) is 0 Å². The van der Waals surface area contributed by atoms with Crippen LogP contribution in [0.15, 0.2) is 97.1 Å². The maximum atomic E-state index is 13.9. The van der Waals surface area contributed by atoms with E-state index in [2.05, 4.69) is 5.32 Å². The predicted octanol–water partition coefficient (Wildman–Crippen LogP) is 5.25. The molecule has 6 nitrogen and oxygen atoms in total. The molecule has 0 bridgehead atoms. The second kappa shape index (κ2) is 11.8. The fourth-order valence-electron chi connectivity index (χ4n) is 3.96. The summed E-state index contributed by atoms with van der Waals surface area (Å²) in [5, 5.41) is 11.9. The summed E-state index contributed by atoms with van der Waals surface area (Å²) in [5.74, 6) is -1.17. The number of nitrogens with one attached hydrogen (secondary N) is 1. The summed E-state index contributed by atoms with van der Waals surface area (Å²) in [6.07, 6.45) is 0. The molecule has 0 aliphatic carbocycles. The quantitative estimate of drug-likeness (QED) is 0.351. The van der Waals surface area contributed by atoms with E-state index in [4.69, 9.17) is 11.0 Å². The van der Waals surface area contributed by atoms with Crippen LogP contribution in [0.2, 0.25) is 0 Å². The van der Waals surface area contributed by atoms with Crippen LogP contribution in [0.5, 0.6) is 0 Å². The number of nitrogens with zero attached hydrogens (tertiary/aromatic N) is 2. The predicted molar refractivity (Wildman–Crippen MR) is 140 cm³/mol. The molecule has 0 spiro atoms. The molecule has 184 valence electrons. The number of halogens is 1. The van der Waals surface area contributed by atoms with Gasteiger partial charge in [0.25, 0.3) is 11.8 Å². The Labute approximate surface area is 214 Å². The minimum Gasteiger partial charge on any atom is -0.330 e. The molecule has 37 heavy (non-hydrogen) atoms. The molecule has 0 fully saturated rings. The molecular weight excluding hydrogens is 467 g/mol. The van der Waals surface area contributed by atoms with Gasteiger partial charge in [0.05, 0.1) is 11.6 Å². The van der Waals surface area contributed by atoms with Crippen LogP contribution in [0.25, 0.3) is 0 Å². The van der Waals surface area contributed by atoms with E-state index in [1.54, 1.807) is 47.4 Å². The summed E-state index contributed by atoms with van der Waals surface area (Å²) in [4.78, 5) is 28.0. The average molecular weight is 493 g/mol. The maximum absolute atomic E-state index is 13.9. The molecule has 4 aromatic carbocycles. The van der Waals surface area contributed by atoms with Gasteiger partial charge in [-0.25, -0.2) is 4.39 Å². The van der Waals surface area contributed by atoms with Gasteiger partial charge in [-0.1, -0.05) is 48.5 Å². The van der Waals surface area contributed by atoms with Crippen LogP contribution in [0.3, 0.4) is 0 Å². The van der Waals surface area contributed by atoms with Gasteiger partial charge in [0.2, 0.25) is 0 Å². The molecule has 0 aliphatic heterocycles. The molecule has 2 amide bonds. The van der Waals surface area contributed by atoms with Gasteiger partial charge in [-0.15, -0.1) is 0 Å². The van der Waals surface area contributed by atoms with Crippen LogP contribution in [-0.4, -0.2) is 16.7 Å². The van der Waals surface area contributed by atoms with Gasteiger partial charge in [0.1, 0.15) is 5.82 Å².